The van der Waals surface area contributed by atoms with E-state index in [1.165, 1.54) is 12.8 Å². The molecule has 1 atom stereocenters. The van der Waals surface area contributed by atoms with Crippen LogP contribution in [-0.2, 0) is 0 Å². The van der Waals surface area contributed by atoms with E-state index in [0.29, 0.717) is 35.1 Å². The highest BCUT2D eigenvalue weighted by molar-refractivity contribution is 5.94. The molecule has 1 unspecified atom stereocenters. The number of halogens is 2. The number of ether oxygens (including phenoxy) is 1. The van der Waals surface area contributed by atoms with Gasteiger partial charge in [-0.05, 0) is 53.1 Å². The minimum Gasteiger partial charge on any atom is -0.468 e. The van der Waals surface area contributed by atoms with Gasteiger partial charge in [0.15, 0.2) is 29.9 Å². The Hall–Kier alpha value is -3.73. The van der Waals surface area contributed by atoms with Gasteiger partial charge in [-0.15, -0.1) is 0 Å². The van der Waals surface area contributed by atoms with Crippen molar-refractivity contribution in [1.29, 1.82) is 0 Å². The number of hydrogen-bond donors (Lipinski definition) is 3. The number of likely N-dealkylation sites (N-methyl/N-ethyl adjacent to an activating group) is 1. The molecule has 3 aromatic rings. The van der Waals surface area contributed by atoms with Crippen molar-refractivity contribution in [1.82, 2.24) is 25.0 Å². The molecule has 37 heavy (non-hydrogen) atoms. The standard InChI is InChI=1S/C26H32F2N8O/c1-15-9-18-25(28)21(10-19(27)26(18)31-15)37-14-30-24(36-8-7-17(13-36)35(3)4)12-22(29-2)32-23-11-20(33-34-23)16-5-6-16/h9-12,16-17,31H,2,5-8,13-14H2,1,3-4H3,(H2,32,33,34)/b22-12+,30-24+. The number of anilines is 1. The zero-order chi connectivity index (χ0) is 26.1. The molecular formula is C26H32F2N8O. The number of aryl methyl sites for hydroxylation is 1. The second kappa shape index (κ2) is 10.3. The third kappa shape index (κ3) is 5.51. The number of H-pyrrole nitrogens is 2. The van der Waals surface area contributed by atoms with Crippen molar-refractivity contribution in [2.75, 3.05) is 39.2 Å². The SMILES string of the molecule is C=N/C(=C\C(=N/COc1cc(F)c2[nH]c(C)cc2c1F)N1CCC(N(C)C)C1)Nc1cc(C2CC2)[nH]n1. The first-order chi connectivity index (χ1) is 17.8. The van der Waals surface area contributed by atoms with Crippen LogP contribution in [0, 0.1) is 18.6 Å². The number of likely N-dealkylation sites (tertiary alicyclic amines) is 1. The van der Waals surface area contributed by atoms with Crippen LogP contribution in [0.3, 0.4) is 0 Å². The van der Waals surface area contributed by atoms with E-state index >= 15 is 0 Å². The van der Waals surface area contributed by atoms with Crippen LogP contribution in [-0.4, -0.2) is 77.5 Å². The van der Waals surface area contributed by atoms with Crippen molar-refractivity contribution in [2.24, 2.45) is 9.98 Å². The van der Waals surface area contributed by atoms with Gasteiger partial charge in [-0.3, -0.25) is 5.10 Å². The molecule has 1 saturated heterocycles. The lowest BCUT2D eigenvalue weighted by Crippen LogP contribution is -2.34. The quantitative estimate of drug-likeness (QED) is 0.293. The highest BCUT2D eigenvalue weighted by atomic mass is 19.1. The van der Waals surface area contributed by atoms with Crippen molar-refractivity contribution < 1.29 is 13.5 Å². The summed E-state index contributed by atoms with van der Waals surface area (Å²) >= 11 is 0. The highest BCUT2D eigenvalue weighted by Crippen LogP contribution is 2.39. The van der Waals surface area contributed by atoms with Crippen LogP contribution in [0.1, 0.15) is 36.6 Å². The van der Waals surface area contributed by atoms with E-state index in [2.05, 4.69) is 47.0 Å². The predicted octanol–water partition coefficient (Wildman–Crippen LogP) is 4.38. The Morgan fingerprint density at radius 2 is 2.11 bits per heavy atom. The van der Waals surface area contributed by atoms with Gasteiger partial charge in [0.25, 0.3) is 0 Å². The Labute approximate surface area is 214 Å². The fraction of sp³-hybridized carbons (Fsp3) is 0.423. The van der Waals surface area contributed by atoms with Crippen molar-refractivity contribution >= 4 is 29.3 Å². The minimum atomic E-state index is -0.623. The van der Waals surface area contributed by atoms with Gasteiger partial charge in [0, 0.05) is 60.0 Å². The second-order valence-electron chi connectivity index (χ2n) is 9.85. The lowest BCUT2D eigenvalue weighted by atomic mass is 10.2. The smallest absolute Gasteiger partial charge is 0.181 e. The first-order valence-corrected chi connectivity index (χ1v) is 12.4. The number of hydrogen-bond acceptors (Lipinski definition) is 6. The largest absolute Gasteiger partial charge is 0.468 e. The number of nitrogens with one attached hydrogen (secondary N) is 3. The van der Waals surface area contributed by atoms with Gasteiger partial charge in [0.05, 0.1) is 5.52 Å². The zero-order valence-electron chi connectivity index (χ0n) is 21.3. The number of amidine groups is 1. The van der Waals surface area contributed by atoms with E-state index in [1.54, 1.807) is 19.1 Å². The predicted molar refractivity (Wildman–Crippen MR) is 141 cm³/mol. The van der Waals surface area contributed by atoms with E-state index in [4.69, 9.17) is 4.74 Å². The van der Waals surface area contributed by atoms with Crippen LogP contribution in [0.15, 0.2) is 40.1 Å². The molecule has 3 N–H and O–H groups in total. The van der Waals surface area contributed by atoms with Crippen LogP contribution >= 0.6 is 0 Å². The molecule has 0 bridgehead atoms. The molecule has 0 spiro atoms. The zero-order valence-corrected chi connectivity index (χ0v) is 21.3. The number of aromatic amines is 2. The maximum absolute atomic E-state index is 15.0. The summed E-state index contributed by atoms with van der Waals surface area (Å²) in [5.41, 5.74) is 1.89. The van der Waals surface area contributed by atoms with Gasteiger partial charge in [-0.1, -0.05) is 0 Å². The molecule has 1 saturated carbocycles. The van der Waals surface area contributed by atoms with E-state index < -0.39 is 11.6 Å². The Balaban J connectivity index is 1.37. The molecule has 5 rings (SSSR count). The van der Waals surface area contributed by atoms with Gasteiger partial charge >= 0.3 is 0 Å². The van der Waals surface area contributed by atoms with Crippen LogP contribution < -0.4 is 10.1 Å². The van der Waals surface area contributed by atoms with E-state index in [0.717, 1.165) is 31.3 Å². The van der Waals surface area contributed by atoms with Gasteiger partial charge in [-0.25, -0.2) is 18.8 Å². The molecule has 11 heteroatoms. The van der Waals surface area contributed by atoms with Gasteiger partial charge in [0.2, 0.25) is 0 Å². The molecule has 196 valence electrons. The van der Waals surface area contributed by atoms with Crippen LogP contribution in [0.4, 0.5) is 14.6 Å². The maximum Gasteiger partial charge on any atom is 0.181 e. The summed E-state index contributed by atoms with van der Waals surface area (Å²) < 4.78 is 35.1. The number of nitrogens with zero attached hydrogens (tertiary/aromatic N) is 5. The summed E-state index contributed by atoms with van der Waals surface area (Å²) in [4.78, 5) is 15.8. The molecular weight excluding hydrogens is 478 g/mol. The van der Waals surface area contributed by atoms with Crippen molar-refractivity contribution in [3.63, 3.8) is 0 Å². The first kappa shape index (κ1) is 24.9. The monoisotopic (exact) mass is 510 g/mol. The Bertz CT molecular complexity index is 1350. The average Bonchev–Trinajstić information content (AvgIpc) is 3.25. The molecule has 3 heterocycles. The summed E-state index contributed by atoms with van der Waals surface area (Å²) in [5.74, 6) is 0.892. The molecule has 2 fully saturated rings. The average molecular weight is 511 g/mol. The van der Waals surface area contributed by atoms with Crippen molar-refractivity contribution in [3.8, 4) is 5.75 Å². The third-order valence-corrected chi connectivity index (χ3v) is 6.87. The van der Waals surface area contributed by atoms with Crippen LogP contribution in [0.5, 0.6) is 5.75 Å². The van der Waals surface area contributed by atoms with Gasteiger partial charge < -0.3 is 24.8 Å². The van der Waals surface area contributed by atoms with Gasteiger partial charge in [0.1, 0.15) is 11.7 Å². The Morgan fingerprint density at radius 1 is 1.30 bits per heavy atom. The molecule has 1 aliphatic carbocycles. The highest BCUT2D eigenvalue weighted by Gasteiger charge is 2.27. The van der Waals surface area contributed by atoms with Crippen LogP contribution in [0.2, 0.25) is 0 Å². The van der Waals surface area contributed by atoms with Gasteiger partial charge in [-0.2, -0.15) is 5.10 Å². The minimum absolute atomic E-state index is 0.122. The summed E-state index contributed by atoms with van der Waals surface area (Å²) in [7, 11) is 4.10. The lowest BCUT2D eigenvalue weighted by Gasteiger charge is -2.22. The van der Waals surface area contributed by atoms with E-state index in [9.17, 15) is 8.78 Å². The normalized spacial score (nSPS) is 18.8. The summed E-state index contributed by atoms with van der Waals surface area (Å²) in [6.45, 7) is 6.79. The molecule has 1 aromatic carbocycles. The fourth-order valence-corrected chi connectivity index (χ4v) is 4.59. The number of rotatable bonds is 9. The van der Waals surface area contributed by atoms with E-state index in [1.807, 2.05) is 20.2 Å². The molecule has 1 aliphatic heterocycles. The topological polar surface area (TPSA) is 96.9 Å². The molecule has 0 amide bonds. The number of fused-ring (bicyclic) bond motifs is 1. The maximum atomic E-state index is 15.0. The van der Waals surface area contributed by atoms with Crippen molar-refractivity contribution in [3.05, 3.63) is 53.1 Å². The summed E-state index contributed by atoms with van der Waals surface area (Å²) in [6.07, 6.45) is 5.09. The third-order valence-electron chi connectivity index (χ3n) is 6.87. The van der Waals surface area contributed by atoms with E-state index in [-0.39, 0.29) is 23.4 Å². The summed E-state index contributed by atoms with van der Waals surface area (Å²) in [5, 5.41) is 10.7. The molecule has 2 aliphatic rings. The molecule has 2 aromatic heterocycles. The Kier molecular flexibility index (Phi) is 6.96. The van der Waals surface area contributed by atoms with Crippen molar-refractivity contribution in [2.45, 2.75) is 38.1 Å². The second-order valence-corrected chi connectivity index (χ2v) is 9.85. The fourth-order valence-electron chi connectivity index (χ4n) is 4.59. The molecule has 0 radical (unpaired) electrons. The number of aromatic nitrogens is 3. The Morgan fingerprint density at radius 3 is 2.81 bits per heavy atom. The lowest BCUT2D eigenvalue weighted by molar-refractivity contribution is 0.297. The summed E-state index contributed by atoms with van der Waals surface area (Å²) in [6, 6.07) is 4.95. The number of benzene rings is 1. The van der Waals surface area contributed by atoms with Crippen LogP contribution in [0.25, 0.3) is 10.9 Å². The first-order valence-electron chi connectivity index (χ1n) is 12.4. The number of aliphatic imine (C=N–C) groups is 2. The molecule has 9 nitrogen and oxygen atoms in total.